The molecule has 0 bridgehead atoms. The van der Waals surface area contributed by atoms with Gasteiger partial charge in [0.05, 0.1) is 35.3 Å². The fourth-order valence-corrected chi connectivity index (χ4v) is 4.18. The molecule has 0 aliphatic heterocycles. The molecule has 2 aromatic heterocycles. The van der Waals surface area contributed by atoms with E-state index in [0.717, 1.165) is 69.2 Å². The van der Waals surface area contributed by atoms with E-state index < -0.39 is 0 Å². The van der Waals surface area contributed by atoms with Crippen molar-refractivity contribution < 1.29 is 9.47 Å². The Balaban J connectivity index is 0.941. The number of hydrogen-bond donors (Lipinski definition) is 2. The topological polar surface area (TPSA) is 75.8 Å². The fourth-order valence-electron chi connectivity index (χ4n) is 4.18. The average Bonchev–Trinajstić information content (AvgIpc) is 3.56. The molecule has 4 aromatic carbocycles. The van der Waals surface area contributed by atoms with E-state index in [1.165, 1.54) is 0 Å². The summed E-state index contributed by atoms with van der Waals surface area (Å²) in [5.74, 6) is 3.45. The molecule has 0 spiro atoms. The van der Waals surface area contributed by atoms with Gasteiger partial charge in [0.1, 0.15) is 23.1 Å². The Kier molecular flexibility index (Phi) is 6.06. The zero-order chi connectivity index (χ0) is 24.2. The smallest absolute Gasteiger partial charge is 0.138 e. The molecule has 6 heteroatoms. The molecule has 6 rings (SSSR count). The molecule has 6 aromatic rings. The maximum atomic E-state index is 5.90. The summed E-state index contributed by atoms with van der Waals surface area (Å²) in [6.45, 7) is 1.30. The quantitative estimate of drug-likeness (QED) is 0.221. The van der Waals surface area contributed by atoms with E-state index in [0.29, 0.717) is 13.2 Å². The van der Waals surface area contributed by atoms with Crippen LogP contribution in [0.2, 0.25) is 0 Å². The van der Waals surface area contributed by atoms with Gasteiger partial charge in [-0.2, -0.15) is 0 Å². The van der Waals surface area contributed by atoms with Gasteiger partial charge in [-0.15, -0.1) is 0 Å². The molecule has 0 amide bonds. The number of imidazole rings is 2. The summed E-state index contributed by atoms with van der Waals surface area (Å²) in [6, 6.07) is 32.2. The summed E-state index contributed by atoms with van der Waals surface area (Å²) in [5, 5.41) is 0. The van der Waals surface area contributed by atoms with Gasteiger partial charge in [-0.05, 0) is 85.6 Å². The largest absolute Gasteiger partial charge is 0.494 e. The van der Waals surface area contributed by atoms with Crippen LogP contribution in [0.25, 0.3) is 44.8 Å². The molecule has 2 N–H and O–H groups in total. The molecule has 2 heterocycles. The minimum atomic E-state index is 0.651. The maximum Gasteiger partial charge on any atom is 0.138 e. The number of benzene rings is 4. The molecule has 0 aliphatic carbocycles. The summed E-state index contributed by atoms with van der Waals surface area (Å²) in [6.07, 6.45) is 1.84. The van der Waals surface area contributed by atoms with Crippen LogP contribution in [0.15, 0.2) is 97.1 Å². The molecular weight excluding hydrogens is 448 g/mol. The van der Waals surface area contributed by atoms with Gasteiger partial charge < -0.3 is 19.4 Å². The van der Waals surface area contributed by atoms with Crippen LogP contribution >= 0.6 is 0 Å². The number of aromatic amines is 2. The number of hydrogen-bond acceptors (Lipinski definition) is 4. The molecule has 0 aliphatic rings. The summed E-state index contributed by atoms with van der Waals surface area (Å²) < 4.78 is 11.8. The van der Waals surface area contributed by atoms with Crippen LogP contribution in [0.3, 0.4) is 0 Å². The van der Waals surface area contributed by atoms with Gasteiger partial charge in [0, 0.05) is 11.1 Å². The normalized spacial score (nSPS) is 11.2. The Morgan fingerprint density at radius 1 is 0.500 bits per heavy atom. The zero-order valence-corrected chi connectivity index (χ0v) is 19.8. The van der Waals surface area contributed by atoms with Crippen molar-refractivity contribution in [2.45, 2.75) is 12.8 Å². The second-order valence-electron chi connectivity index (χ2n) is 8.66. The second-order valence-corrected chi connectivity index (χ2v) is 8.66. The Morgan fingerprint density at radius 3 is 1.33 bits per heavy atom. The van der Waals surface area contributed by atoms with Crippen LogP contribution in [0.4, 0.5) is 0 Å². The lowest BCUT2D eigenvalue weighted by atomic mass is 10.2. The number of rotatable bonds is 9. The second kappa shape index (κ2) is 9.96. The lowest BCUT2D eigenvalue weighted by Crippen LogP contribution is -2.02. The summed E-state index contributed by atoms with van der Waals surface area (Å²) in [7, 11) is 0. The van der Waals surface area contributed by atoms with E-state index >= 15 is 0 Å². The van der Waals surface area contributed by atoms with Crippen molar-refractivity contribution in [1.82, 2.24) is 19.9 Å². The predicted molar refractivity (Wildman–Crippen MR) is 143 cm³/mol. The van der Waals surface area contributed by atoms with Gasteiger partial charge in [-0.1, -0.05) is 24.3 Å². The first kappa shape index (κ1) is 21.9. The lowest BCUT2D eigenvalue weighted by Gasteiger charge is -2.08. The third kappa shape index (κ3) is 4.79. The van der Waals surface area contributed by atoms with Gasteiger partial charge >= 0.3 is 0 Å². The molecule has 0 saturated heterocycles. The average molecular weight is 475 g/mol. The lowest BCUT2D eigenvalue weighted by molar-refractivity contribution is 0.266. The first-order valence-corrected chi connectivity index (χ1v) is 12.2. The summed E-state index contributed by atoms with van der Waals surface area (Å²) in [4.78, 5) is 16.0. The summed E-state index contributed by atoms with van der Waals surface area (Å²) in [5.41, 5.74) is 6.10. The molecule has 0 saturated carbocycles. The Hall–Kier alpha value is -4.58. The van der Waals surface area contributed by atoms with Crippen LogP contribution in [-0.2, 0) is 0 Å². The molecule has 0 unspecified atom stereocenters. The Bertz CT molecular complexity index is 1400. The van der Waals surface area contributed by atoms with Crippen LogP contribution < -0.4 is 9.47 Å². The summed E-state index contributed by atoms with van der Waals surface area (Å²) >= 11 is 0. The third-order valence-corrected chi connectivity index (χ3v) is 6.11. The van der Waals surface area contributed by atoms with Crippen molar-refractivity contribution in [3.05, 3.63) is 97.1 Å². The minimum Gasteiger partial charge on any atom is -0.494 e. The maximum absolute atomic E-state index is 5.90. The first-order valence-electron chi connectivity index (χ1n) is 12.2. The Morgan fingerprint density at radius 2 is 0.917 bits per heavy atom. The first-order chi connectivity index (χ1) is 17.8. The van der Waals surface area contributed by atoms with Crippen molar-refractivity contribution in [1.29, 1.82) is 0 Å². The van der Waals surface area contributed by atoms with E-state index in [-0.39, 0.29) is 0 Å². The highest BCUT2D eigenvalue weighted by atomic mass is 16.5. The van der Waals surface area contributed by atoms with E-state index in [9.17, 15) is 0 Å². The van der Waals surface area contributed by atoms with Gasteiger partial charge in [0.15, 0.2) is 0 Å². The number of nitrogens with zero attached hydrogens (tertiary/aromatic N) is 2. The van der Waals surface area contributed by atoms with Crippen molar-refractivity contribution in [3.63, 3.8) is 0 Å². The number of fused-ring (bicyclic) bond motifs is 2. The highest BCUT2D eigenvalue weighted by molar-refractivity contribution is 5.80. The van der Waals surface area contributed by atoms with E-state index in [4.69, 9.17) is 9.47 Å². The van der Waals surface area contributed by atoms with E-state index in [2.05, 4.69) is 19.9 Å². The van der Waals surface area contributed by atoms with Crippen molar-refractivity contribution >= 4 is 22.1 Å². The molecule has 178 valence electrons. The number of nitrogens with one attached hydrogen (secondary N) is 2. The van der Waals surface area contributed by atoms with E-state index in [1.54, 1.807) is 0 Å². The van der Waals surface area contributed by atoms with Crippen LogP contribution in [0.5, 0.6) is 11.5 Å². The molecule has 0 atom stereocenters. The van der Waals surface area contributed by atoms with Crippen molar-refractivity contribution in [2.24, 2.45) is 0 Å². The highest BCUT2D eigenvalue weighted by Gasteiger charge is 2.06. The van der Waals surface area contributed by atoms with Crippen molar-refractivity contribution in [3.8, 4) is 34.3 Å². The third-order valence-electron chi connectivity index (χ3n) is 6.11. The highest BCUT2D eigenvalue weighted by Crippen LogP contribution is 2.24. The molecule has 0 radical (unpaired) electrons. The predicted octanol–water partition coefficient (Wildman–Crippen LogP) is 7.01. The zero-order valence-electron chi connectivity index (χ0n) is 19.8. The molecular formula is C30H26N4O2. The standard InChI is InChI=1S/C30H26N4O2/c1-2-8-26-25(7-1)31-29(32-26)21-11-15-23(16-12-21)35-19-5-6-20-36-24-17-13-22(14-18-24)30-33-27-9-3-4-10-28(27)34-30/h1-4,7-18H,5-6,19-20H2,(H,31,32)(H,33,34). The van der Waals surface area contributed by atoms with Gasteiger partial charge in [-0.25, -0.2) is 9.97 Å². The Labute approximate surface area is 209 Å². The monoisotopic (exact) mass is 474 g/mol. The van der Waals surface area contributed by atoms with Crippen LogP contribution in [0, 0.1) is 0 Å². The van der Waals surface area contributed by atoms with Crippen LogP contribution in [-0.4, -0.2) is 33.1 Å². The molecule has 36 heavy (non-hydrogen) atoms. The number of ether oxygens (including phenoxy) is 2. The SMILES string of the molecule is c1ccc2[nH]c(-c3ccc(OCCCCOc4ccc(-c5nc6ccccc6[nH]5)cc4)cc3)nc2c1. The minimum absolute atomic E-state index is 0.651. The van der Waals surface area contributed by atoms with Gasteiger partial charge in [0.2, 0.25) is 0 Å². The molecule has 6 nitrogen and oxygen atoms in total. The molecule has 0 fully saturated rings. The van der Waals surface area contributed by atoms with Crippen molar-refractivity contribution in [2.75, 3.05) is 13.2 Å². The number of para-hydroxylation sites is 4. The van der Waals surface area contributed by atoms with Gasteiger partial charge in [0.25, 0.3) is 0 Å². The number of unbranched alkanes of at least 4 members (excludes halogenated alkanes) is 1. The van der Waals surface area contributed by atoms with Crippen LogP contribution in [0.1, 0.15) is 12.8 Å². The number of H-pyrrole nitrogens is 2. The van der Waals surface area contributed by atoms with Gasteiger partial charge in [-0.3, -0.25) is 0 Å². The fraction of sp³-hybridized carbons (Fsp3) is 0.133. The van der Waals surface area contributed by atoms with E-state index in [1.807, 2.05) is 97.1 Å². The number of aromatic nitrogens is 4.